The number of pyridine rings is 1. The molecule has 1 atom stereocenters. The maximum Gasteiger partial charge on any atom is 0.180 e. The molecular weight excluding hydrogens is 308 g/mol. The highest BCUT2D eigenvalue weighted by Gasteiger charge is 2.21. The number of thioether (sulfide) groups is 1. The molecular formula is C17H22N4OS. The molecule has 2 heterocycles. The average molecular weight is 330 g/mol. The predicted octanol–water partition coefficient (Wildman–Crippen LogP) is 2.55. The zero-order chi connectivity index (χ0) is 16.1. The molecule has 0 aromatic carbocycles. The van der Waals surface area contributed by atoms with Gasteiger partial charge in [-0.25, -0.2) is 9.97 Å². The summed E-state index contributed by atoms with van der Waals surface area (Å²) in [4.78, 5) is 13.8. The molecule has 1 aliphatic rings. The van der Waals surface area contributed by atoms with Crippen LogP contribution in [0.5, 0.6) is 0 Å². The van der Waals surface area contributed by atoms with Crippen molar-refractivity contribution < 1.29 is 5.11 Å². The van der Waals surface area contributed by atoms with Gasteiger partial charge in [0.25, 0.3) is 0 Å². The topological polar surface area (TPSA) is 70.9 Å². The second-order valence-corrected chi connectivity index (χ2v) is 6.61. The number of aryl methyl sites for hydroxylation is 1. The number of fused-ring (bicyclic) bond motifs is 1. The van der Waals surface area contributed by atoms with E-state index < -0.39 is 0 Å². The minimum absolute atomic E-state index is 0.179. The molecule has 6 heteroatoms. The second-order valence-electron chi connectivity index (χ2n) is 5.70. The third kappa shape index (κ3) is 3.82. The van der Waals surface area contributed by atoms with Crippen molar-refractivity contribution in [1.82, 2.24) is 15.0 Å². The third-order valence-corrected chi connectivity index (χ3v) is 4.75. The van der Waals surface area contributed by atoms with Gasteiger partial charge in [-0.2, -0.15) is 11.8 Å². The molecule has 0 unspecified atom stereocenters. The van der Waals surface area contributed by atoms with Gasteiger partial charge in [0.05, 0.1) is 0 Å². The number of anilines is 1. The summed E-state index contributed by atoms with van der Waals surface area (Å²) in [6.07, 6.45) is 7.71. The van der Waals surface area contributed by atoms with Crippen LogP contribution in [0.4, 0.5) is 5.82 Å². The van der Waals surface area contributed by atoms with E-state index in [0.29, 0.717) is 5.82 Å². The number of hydrogen-bond donors (Lipinski definition) is 2. The summed E-state index contributed by atoms with van der Waals surface area (Å²) in [7, 11) is 0. The third-order valence-electron chi connectivity index (χ3n) is 4.01. The highest BCUT2D eigenvalue weighted by molar-refractivity contribution is 7.98. The highest BCUT2D eigenvalue weighted by atomic mass is 32.2. The van der Waals surface area contributed by atoms with Crippen LogP contribution in [-0.4, -0.2) is 44.7 Å². The van der Waals surface area contributed by atoms with E-state index >= 15 is 0 Å². The SMILES string of the molecule is CSC[C@H](CCO)Nc1nc(-c2ccccn2)nc2c1CCC2. The summed E-state index contributed by atoms with van der Waals surface area (Å²) in [5, 5.41) is 12.8. The van der Waals surface area contributed by atoms with Crippen LogP contribution in [0.25, 0.3) is 11.5 Å². The fourth-order valence-corrected chi connectivity index (χ4v) is 3.56. The minimum atomic E-state index is 0.179. The van der Waals surface area contributed by atoms with Crippen LogP contribution in [-0.2, 0) is 12.8 Å². The van der Waals surface area contributed by atoms with Gasteiger partial charge in [0.15, 0.2) is 5.82 Å². The van der Waals surface area contributed by atoms with Crippen LogP contribution in [0, 0.1) is 0 Å². The number of hydrogen-bond acceptors (Lipinski definition) is 6. The smallest absolute Gasteiger partial charge is 0.180 e. The van der Waals surface area contributed by atoms with Crippen molar-refractivity contribution in [2.45, 2.75) is 31.7 Å². The first-order chi connectivity index (χ1) is 11.3. The van der Waals surface area contributed by atoms with Gasteiger partial charge in [0, 0.05) is 35.9 Å². The van der Waals surface area contributed by atoms with Crippen molar-refractivity contribution in [3.05, 3.63) is 35.7 Å². The standard InChI is InChI=1S/C17H22N4OS/c1-23-11-12(8-10-22)19-16-13-5-4-7-14(13)20-17(21-16)15-6-2-3-9-18-15/h2-3,6,9,12,22H,4-5,7-8,10-11H2,1H3,(H,19,20,21)/t12-/m0/s1. The summed E-state index contributed by atoms with van der Waals surface area (Å²) in [6.45, 7) is 0.179. The molecule has 0 radical (unpaired) electrons. The molecule has 0 amide bonds. The summed E-state index contributed by atoms with van der Waals surface area (Å²) in [5.41, 5.74) is 3.16. The second kappa shape index (κ2) is 7.75. The number of aromatic nitrogens is 3. The van der Waals surface area contributed by atoms with Crippen LogP contribution < -0.4 is 5.32 Å². The summed E-state index contributed by atoms with van der Waals surface area (Å²) >= 11 is 1.77. The fourth-order valence-electron chi connectivity index (χ4n) is 2.91. The van der Waals surface area contributed by atoms with E-state index in [1.165, 1.54) is 5.56 Å². The first-order valence-corrected chi connectivity index (χ1v) is 9.38. The predicted molar refractivity (Wildman–Crippen MR) is 94.8 cm³/mol. The van der Waals surface area contributed by atoms with Gasteiger partial charge in [0.1, 0.15) is 11.5 Å². The monoisotopic (exact) mass is 330 g/mol. The van der Waals surface area contributed by atoms with Crippen molar-refractivity contribution in [3.8, 4) is 11.5 Å². The van der Waals surface area contributed by atoms with Crippen molar-refractivity contribution in [2.75, 3.05) is 23.9 Å². The van der Waals surface area contributed by atoms with Gasteiger partial charge >= 0.3 is 0 Å². The highest BCUT2D eigenvalue weighted by Crippen LogP contribution is 2.29. The van der Waals surface area contributed by atoms with Gasteiger partial charge in [-0.1, -0.05) is 6.07 Å². The molecule has 122 valence electrons. The largest absolute Gasteiger partial charge is 0.396 e. The van der Waals surface area contributed by atoms with Crippen LogP contribution in [0.3, 0.4) is 0 Å². The Bertz CT molecular complexity index is 645. The lowest BCUT2D eigenvalue weighted by atomic mass is 10.2. The molecule has 0 saturated carbocycles. The Morgan fingerprint density at radius 1 is 1.30 bits per heavy atom. The van der Waals surface area contributed by atoms with Gasteiger partial charge in [-0.05, 0) is 44.1 Å². The Kier molecular flexibility index (Phi) is 5.46. The Balaban J connectivity index is 1.94. The maximum absolute atomic E-state index is 9.28. The summed E-state index contributed by atoms with van der Waals surface area (Å²) in [6, 6.07) is 6.00. The Morgan fingerprint density at radius 2 is 2.22 bits per heavy atom. The van der Waals surface area contributed by atoms with Gasteiger partial charge < -0.3 is 10.4 Å². The number of nitrogens with zero attached hydrogens (tertiary/aromatic N) is 3. The zero-order valence-corrected chi connectivity index (χ0v) is 14.1. The first-order valence-electron chi connectivity index (χ1n) is 7.99. The van der Waals surface area contributed by atoms with Crippen molar-refractivity contribution in [2.24, 2.45) is 0 Å². The van der Waals surface area contributed by atoms with E-state index in [2.05, 4.69) is 16.6 Å². The van der Waals surface area contributed by atoms with E-state index in [0.717, 1.165) is 48.6 Å². The average Bonchev–Trinajstić information content (AvgIpc) is 3.05. The van der Waals surface area contributed by atoms with E-state index in [9.17, 15) is 5.11 Å². The number of aliphatic hydroxyl groups is 1. The van der Waals surface area contributed by atoms with Crippen LogP contribution >= 0.6 is 11.8 Å². The van der Waals surface area contributed by atoms with Crippen LogP contribution in [0.15, 0.2) is 24.4 Å². The summed E-state index contributed by atoms with van der Waals surface area (Å²) in [5.74, 6) is 2.54. The lowest BCUT2D eigenvalue weighted by Gasteiger charge is -2.20. The minimum Gasteiger partial charge on any atom is -0.396 e. The molecule has 2 N–H and O–H groups in total. The number of rotatable bonds is 7. The number of aliphatic hydroxyl groups excluding tert-OH is 1. The lowest BCUT2D eigenvalue weighted by Crippen LogP contribution is -2.25. The first kappa shape index (κ1) is 16.2. The van der Waals surface area contributed by atoms with Crippen LogP contribution in [0.1, 0.15) is 24.1 Å². The molecule has 5 nitrogen and oxygen atoms in total. The van der Waals surface area contributed by atoms with Gasteiger partial charge in [0.2, 0.25) is 0 Å². The molecule has 0 bridgehead atoms. The molecule has 0 spiro atoms. The van der Waals surface area contributed by atoms with Crippen molar-refractivity contribution in [3.63, 3.8) is 0 Å². The summed E-state index contributed by atoms with van der Waals surface area (Å²) < 4.78 is 0. The fraction of sp³-hybridized carbons (Fsp3) is 0.471. The molecule has 0 aliphatic heterocycles. The molecule has 0 fully saturated rings. The van der Waals surface area contributed by atoms with Crippen molar-refractivity contribution in [1.29, 1.82) is 0 Å². The Labute approximate surface area is 141 Å². The maximum atomic E-state index is 9.28. The van der Waals surface area contributed by atoms with E-state index in [1.54, 1.807) is 18.0 Å². The van der Waals surface area contributed by atoms with Crippen LogP contribution in [0.2, 0.25) is 0 Å². The molecule has 2 aromatic heterocycles. The molecule has 3 rings (SSSR count). The Morgan fingerprint density at radius 3 is 2.96 bits per heavy atom. The zero-order valence-electron chi connectivity index (χ0n) is 13.3. The molecule has 2 aromatic rings. The quantitative estimate of drug-likeness (QED) is 0.813. The van der Waals surface area contributed by atoms with Gasteiger partial charge in [-0.15, -0.1) is 0 Å². The Hall–Kier alpha value is -1.66. The van der Waals surface area contributed by atoms with E-state index in [1.807, 2.05) is 18.2 Å². The van der Waals surface area contributed by atoms with E-state index in [-0.39, 0.29) is 12.6 Å². The lowest BCUT2D eigenvalue weighted by molar-refractivity contribution is 0.282. The van der Waals surface area contributed by atoms with E-state index in [4.69, 9.17) is 9.97 Å². The molecule has 1 aliphatic carbocycles. The molecule has 0 saturated heterocycles. The van der Waals surface area contributed by atoms with Gasteiger partial charge in [-0.3, -0.25) is 4.98 Å². The normalized spacial score (nSPS) is 14.5. The van der Waals surface area contributed by atoms with Crippen molar-refractivity contribution >= 4 is 17.6 Å². The molecule has 23 heavy (non-hydrogen) atoms. The number of nitrogens with one attached hydrogen (secondary N) is 1.